The molecule has 0 aromatic heterocycles. The van der Waals surface area contributed by atoms with E-state index in [1.807, 2.05) is 45.0 Å². The molecule has 1 aliphatic heterocycles. The molecule has 0 spiro atoms. The van der Waals surface area contributed by atoms with Gasteiger partial charge >= 0.3 is 6.09 Å². The van der Waals surface area contributed by atoms with Crippen molar-refractivity contribution >= 4 is 11.8 Å². The van der Waals surface area contributed by atoms with E-state index in [2.05, 4.69) is 0 Å². The lowest BCUT2D eigenvalue weighted by molar-refractivity contribution is 0.0165. The maximum absolute atomic E-state index is 12.0. The van der Waals surface area contributed by atoms with Gasteiger partial charge in [0.2, 0.25) is 0 Å². The SMILES string of the molecule is CC(C)(C)OC(=O)N1CCC(COc2cccc(N)c2)CC1. The van der Waals surface area contributed by atoms with Crippen molar-refractivity contribution in [2.24, 2.45) is 5.92 Å². The van der Waals surface area contributed by atoms with E-state index in [-0.39, 0.29) is 6.09 Å². The van der Waals surface area contributed by atoms with Crippen LogP contribution in [0.3, 0.4) is 0 Å². The Kier molecular flexibility index (Phi) is 5.16. The first-order chi connectivity index (χ1) is 10.3. The molecular weight excluding hydrogens is 280 g/mol. The summed E-state index contributed by atoms with van der Waals surface area (Å²) in [5.41, 5.74) is 6.00. The molecule has 1 aromatic carbocycles. The molecule has 122 valence electrons. The lowest BCUT2D eigenvalue weighted by atomic mass is 9.98. The van der Waals surface area contributed by atoms with E-state index in [9.17, 15) is 4.79 Å². The number of anilines is 1. The van der Waals surface area contributed by atoms with E-state index in [1.54, 1.807) is 4.90 Å². The number of benzene rings is 1. The highest BCUT2D eigenvalue weighted by Gasteiger charge is 2.27. The fourth-order valence-electron chi connectivity index (χ4n) is 2.43. The Morgan fingerprint density at radius 2 is 2.00 bits per heavy atom. The lowest BCUT2D eigenvalue weighted by Gasteiger charge is -2.33. The Labute approximate surface area is 132 Å². The summed E-state index contributed by atoms with van der Waals surface area (Å²) in [6.45, 7) is 7.76. The summed E-state index contributed by atoms with van der Waals surface area (Å²) in [6, 6.07) is 7.46. The van der Waals surface area contributed by atoms with Gasteiger partial charge in [-0.3, -0.25) is 0 Å². The molecule has 5 heteroatoms. The lowest BCUT2D eigenvalue weighted by Crippen LogP contribution is -2.42. The van der Waals surface area contributed by atoms with Crippen LogP contribution in [0.4, 0.5) is 10.5 Å². The Morgan fingerprint density at radius 1 is 1.32 bits per heavy atom. The third-order valence-electron chi connectivity index (χ3n) is 3.61. The minimum atomic E-state index is -0.440. The van der Waals surface area contributed by atoms with Crippen molar-refractivity contribution in [3.63, 3.8) is 0 Å². The second-order valence-corrected chi connectivity index (χ2v) is 6.79. The fraction of sp³-hybridized carbons (Fsp3) is 0.588. The highest BCUT2D eigenvalue weighted by atomic mass is 16.6. The minimum absolute atomic E-state index is 0.220. The predicted octanol–water partition coefficient (Wildman–Crippen LogP) is 3.29. The molecule has 1 amide bonds. The summed E-state index contributed by atoms with van der Waals surface area (Å²) in [6.07, 6.45) is 1.64. The molecule has 2 rings (SSSR count). The Morgan fingerprint density at radius 3 is 2.59 bits per heavy atom. The van der Waals surface area contributed by atoms with Gasteiger partial charge in [0.15, 0.2) is 0 Å². The van der Waals surface area contributed by atoms with Crippen LogP contribution in [-0.4, -0.2) is 36.3 Å². The minimum Gasteiger partial charge on any atom is -0.493 e. The second kappa shape index (κ2) is 6.90. The third-order valence-corrected chi connectivity index (χ3v) is 3.61. The average molecular weight is 306 g/mol. The van der Waals surface area contributed by atoms with Gasteiger partial charge in [-0.25, -0.2) is 4.79 Å². The zero-order chi connectivity index (χ0) is 16.2. The van der Waals surface area contributed by atoms with Crippen LogP contribution in [-0.2, 0) is 4.74 Å². The predicted molar refractivity (Wildman–Crippen MR) is 86.9 cm³/mol. The number of hydrogen-bond donors (Lipinski definition) is 1. The molecular formula is C17H26N2O3. The van der Waals surface area contributed by atoms with Crippen molar-refractivity contribution in [2.45, 2.75) is 39.2 Å². The number of piperidine rings is 1. The summed E-state index contributed by atoms with van der Waals surface area (Å²) < 4.78 is 11.2. The van der Waals surface area contributed by atoms with E-state index in [4.69, 9.17) is 15.2 Å². The van der Waals surface area contributed by atoms with Crippen molar-refractivity contribution < 1.29 is 14.3 Å². The van der Waals surface area contributed by atoms with Crippen molar-refractivity contribution in [3.8, 4) is 5.75 Å². The van der Waals surface area contributed by atoms with E-state index >= 15 is 0 Å². The second-order valence-electron chi connectivity index (χ2n) is 6.79. The molecule has 0 unspecified atom stereocenters. The first-order valence-electron chi connectivity index (χ1n) is 7.80. The molecule has 1 aromatic rings. The first kappa shape index (κ1) is 16.5. The molecule has 22 heavy (non-hydrogen) atoms. The fourth-order valence-corrected chi connectivity index (χ4v) is 2.43. The van der Waals surface area contributed by atoms with Gasteiger partial charge in [-0.2, -0.15) is 0 Å². The highest BCUT2D eigenvalue weighted by Crippen LogP contribution is 2.22. The molecule has 0 saturated carbocycles. The number of carbonyl (C=O) groups is 1. The largest absolute Gasteiger partial charge is 0.493 e. The Hall–Kier alpha value is -1.91. The van der Waals surface area contributed by atoms with Crippen LogP contribution in [0.2, 0.25) is 0 Å². The summed E-state index contributed by atoms with van der Waals surface area (Å²) in [7, 11) is 0. The van der Waals surface area contributed by atoms with E-state index < -0.39 is 5.60 Å². The number of likely N-dealkylation sites (tertiary alicyclic amines) is 1. The molecule has 5 nitrogen and oxygen atoms in total. The first-order valence-corrected chi connectivity index (χ1v) is 7.80. The van der Waals surface area contributed by atoms with Crippen molar-refractivity contribution in [1.29, 1.82) is 0 Å². The van der Waals surface area contributed by atoms with Crippen molar-refractivity contribution in [3.05, 3.63) is 24.3 Å². The van der Waals surface area contributed by atoms with Crippen LogP contribution >= 0.6 is 0 Å². The van der Waals surface area contributed by atoms with Crippen LogP contribution < -0.4 is 10.5 Å². The van der Waals surface area contributed by atoms with Gasteiger partial charge < -0.3 is 20.1 Å². The summed E-state index contributed by atoms with van der Waals surface area (Å²) >= 11 is 0. The molecule has 1 aliphatic rings. The molecule has 1 saturated heterocycles. The molecule has 0 radical (unpaired) electrons. The third kappa shape index (κ3) is 5.13. The highest BCUT2D eigenvalue weighted by molar-refractivity contribution is 5.68. The molecule has 1 fully saturated rings. The van der Waals surface area contributed by atoms with Gasteiger partial charge in [-0.15, -0.1) is 0 Å². The van der Waals surface area contributed by atoms with Crippen molar-refractivity contribution in [2.75, 3.05) is 25.4 Å². The number of hydrogen-bond acceptors (Lipinski definition) is 4. The Balaban J connectivity index is 1.74. The van der Waals surface area contributed by atoms with Crippen LogP contribution in [0.15, 0.2) is 24.3 Å². The van der Waals surface area contributed by atoms with E-state index in [1.165, 1.54) is 0 Å². The van der Waals surface area contributed by atoms with Crippen molar-refractivity contribution in [1.82, 2.24) is 4.90 Å². The number of ether oxygens (including phenoxy) is 2. The number of nitrogens with zero attached hydrogens (tertiary/aromatic N) is 1. The summed E-state index contributed by atoms with van der Waals surface area (Å²) in [4.78, 5) is 13.8. The number of nitrogen functional groups attached to an aromatic ring is 1. The molecule has 1 heterocycles. The maximum atomic E-state index is 12.0. The van der Waals surface area contributed by atoms with Crippen LogP contribution in [0, 0.1) is 5.92 Å². The van der Waals surface area contributed by atoms with Gasteiger partial charge in [-0.1, -0.05) is 6.07 Å². The number of amides is 1. The Bertz CT molecular complexity index is 503. The molecule has 0 atom stereocenters. The zero-order valence-electron chi connectivity index (χ0n) is 13.7. The van der Waals surface area contributed by atoms with Gasteiger partial charge in [0.05, 0.1) is 6.61 Å². The zero-order valence-corrected chi connectivity index (χ0v) is 13.7. The maximum Gasteiger partial charge on any atom is 0.410 e. The van der Waals surface area contributed by atoms with E-state index in [0.717, 1.165) is 31.7 Å². The van der Waals surface area contributed by atoms with Gasteiger partial charge in [0.25, 0.3) is 0 Å². The summed E-state index contributed by atoms with van der Waals surface area (Å²) in [5.74, 6) is 1.26. The average Bonchev–Trinajstić information content (AvgIpc) is 2.44. The van der Waals surface area contributed by atoms with E-state index in [0.29, 0.717) is 18.2 Å². The van der Waals surface area contributed by atoms with Gasteiger partial charge in [0, 0.05) is 24.8 Å². The number of nitrogens with two attached hydrogens (primary N) is 1. The summed E-state index contributed by atoms with van der Waals surface area (Å²) in [5, 5.41) is 0. The number of rotatable bonds is 3. The van der Waals surface area contributed by atoms with Gasteiger partial charge in [0.1, 0.15) is 11.4 Å². The van der Waals surface area contributed by atoms with Gasteiger partial charge in [-0.05, 0) is 51.7 Å². The molecule has 0 bridgehead atoms. The van der Waals surface area contributed by atoms with Crippen LogP contribution in [0.1, 0.15) is 33.6 Å². The molecule has 2 N–H and O–H groups in total. The smallest absolute Gasteiger partial charge is 0.410 e. The monoisotopic (exact) mass is 306 g/mol. The van der Waals surface area contributed by atoms with Crippen LogP contribution in [0.25, 0.3) is 0 Å². The van der Waals surface area contributed by atoms with Crippen LogP contribution in [0.5, 0.6) is 5.75 Å². The molecule has 0 aliphatic carbocycles. The topological polar surface area (TPSA) is 64.8 Å². The standard InChI is InChI=1S/C17H26N2O3/c1-17(2,3)22-16(20)19-9-7-13(8-10-19)12-21-15-6-4-5-14(18)11-15/h4-6,11,13H,7-10,12,18H2,1-3H3. The normalized spacial score (nSPS) is 16.4. The quantitative estimate of drug-likeness (QED) is 0.870. The number of carbonyl (C=O) groups excluding carboxylic acids is 1.